The third-order valence-corrected chi connectivity index (χ3v) is 5.15. The number of halogens is 2. The van der Waals surface area contributed by atoms with Crippen molar-refractivity contribution in [3.63, 3.8) is 0 Å². The van der Waals surface area contributed by atoms with Crippen molar-refractivity contribution in [1.29, 1.82) is 0 Å². The Kier molecular flexibility index (Phi) is 4.93. The summed E-state index contributed by atoms with van der Waals surface area (Å²) in [7, 11) is 0. The first kappa shape index (κ1) is 17.0. The summed E-state index contributed by atoms with van der Waals surface area (Å²) in [6.07, 6.45) is 0.478. The molecular weight excluding hydrogens is 347 g/mol. The molecule has 2 atom stereocenters. The monoisotopic (exact) mass is 362 g/mol. The summed E-state index contributed by atoms with van der Waals surface area (Å²) in [4.78, 5) is 24.3. The van der Waals surface area contributed by atoms with E-state index in [-0.39, 0.29) is 30.5 Å². The number of aliphatic carboxylic acids is 1. The Labute approximate surface area is 150 Å². The van der Waals surface area contributed by atoms with Crippen molar-refractivity contribution in [3.05, 3.63) is 69.7 Å². The van der Waals surface area contributed by atoms with Crippen LogP contribution in [0, 0.1) is 5.92 Å². The van der Waals surface area contributed by atoms with Crippen molar-refractivity contribution >= 4 is 35.0 Å². The second-order valence-electron chi connectivity index (χ2n) is 6.13. The normalized spacial score (nSPS) is 23.9. The highest BCUT2D eigenvalue weighted by atomic mass is 35.5. The molecule has 0 aliphatic heterocycles. The average molecular weight is 363 g/mol. The third-order valence-electron chi connectivity index (χ3n) is 4.64. The van der Waals surface area contributed by atoms with Crippen LogP contribution in [0.4, 0.5) is 0 Å². The van der Waals surface area contributed by atoms with Gasteiger partial charge in [0.05, 0.1) is 5.92 Å². The van der Waals surface area contributed by atoms with Crippen LogP contribution in [0.1, 0.15) is 35.8 Å². The van der Waals surface area contributed by atoms with Gasteiger partial charge in [-0.05, 0) is 35.4 Å². The van der Waals surface area contributed by atoms with Gasteiger partial charge in [-0.15, -0.1) is 0 Å². The standard InChI is InChI=1S/C19H16Cl2O3/c20-13-5-1-11(2-6-13)16-9-15(22)10-17(18(16)19(23)24)12-3-7-14(21)8-4-12/h1-8,16-18H,9-10H2,(H,23,24). The largest absolute Gasteiger partial charge is 0.481 e. The first-order valence-corrected chi connectivity index (χ1v) is 8.46. The summed E-state index contributed by atoms with van der Waals surface area (Å²) in [5, 5.41) is 11.0. The SMILES string of the molecule is O=C1CC(c2ccc(Cl)cc2)C(C(=O)O)C(c2ccc(Cl)cc2)C1. The number of hydrogen-bond donors (Lipinski definition) is 1. The zero-order valence-corrected chi connectivity index (χ0v) is 14.3. The minimum atomic E-state index is -0.887. The van der Waals surface area contributed by atoms with E-state index in [1.807, 2.05) is 0 Å². The second-order valence-corrected chi connectivity index (χ2v) is 7.00. The smallest absolute Gasteiger partial charge is 0.307 e. The van der Waals surface area contributed by atoms with Crippen LogP contribution in [0.25, 0.3) is 0 Å². The third kappa shape index (κ3) is 3.47. The lowest BCUT2D eigenvalue weighted by atomic mass is 9.66. The van der Waals surface area contributed by atoms with Gasteiger partial charge >= 0.3 is 5.97 Å². The van der Waals surface area contributed by atoms with E-state index < -0.39 is 11.9 Å². The molecule has 2 aromatic rings. The van der Waals surface area contributed by atoms with Crippen molar-refractivity contribution in [2.75, 3.05) is 0 Å². The van der Waals surface area contributed by atoms with Gasteiger partial charge in [-0.3, -0.25) is 9.59 Å². The number of carbonyl (C=O) groups is 2. The van der Waals surface area contributed by atoms with Crippen molar-refractivity contribution in [2.45, 2.75) is 24.7 Å². The molecule has 3 rings (SSSR count). The Balaban J connectivity index is 2.02. The predicted molar refractivity (Wildman–Crippen MR) is 93.8 cm³/mol. The highest BCUT2D eigenvalue weighted by molar-refractivity contribution is 6.30. The molecule has 0 spiro atoms. The first-order chi connectivity index (χ1) is 11.5. The predicted octanol–water partition coefficient (Wildman–Crippen LogP) is 4.92. The Hall–Kier alpha value is -1.84. The fourth-order valence-corrected chi connectivity index (χ4v) is 3.77. The zero-order valence-electron chi connectivity index (χ0n) is 12.8. The number of benzene rings is 2. The molecule has 1 saturated carbocycles. The lowest BCUT2D eigenvalue weighted by molar-refractivity contribution is -0.145. The molecule has 0 saturated heterocycles. The molecule has 0 amide bonds. The summed E-state index contributed by atoms with van der Waals surface area (Å²) in [6.45, 7) is 0. The minimum Gasteiger partial charge on any atom is -0.481 e. The number of carboxylic acid groups (broad SMARTS) is 1. The van der Waals surface area contributed by atoms with Crippen molar-refractivity contribution in [2.24, 2.45) is 5.92 Å². The number of ketones is 1. The molecule has 1 aliphatic carbocycles. The number of carboxylic acids is 1. The summed E-state index contributed by atoms with van der Waals surface area (Å²) < 4.78 is 0. The van der Waals surface area contributed by atoms with Crippen molar-refractivity contribution in [3.8, 4) is 0 Å². The summed E-state index contributed by atoms with van der Waals surface area (Å²) in [5.74, 6) is -2.19. The van der Waals surface area contributed by atoms with Gasteiger partial charge in [-0.1, -0.05) is 47.5 Å². The molecule has 0 radical (unpaired) electrons. The van der Waals surface area contributed by atoms with Crippen LogP contribution in [0.15, 0.2) is 48.5 Å². The van der Waals surface area contributed by atoms with E-state index in [2.05, 4.69) is 0 Å². The first-order valence-electron chi connectivity index (χ1n) is 7.71. The Morgan fingerprint density at radius 3 is 1.54 bits per heavy atom. The fraction of sp³-hybridized carbons (Fsp3) is 0.263. The second kappa shape index (κ2) is 6.96. The van der Waals surface area contributed by atoms with Crippen LogP contribution >= 0.6 is 23.2 Å². The molecule has 5 heteroatoms. The summed E-state index contributed by atoms with van der Waals surface area (Å²) >= 11 is 11.8. The number of carbonyl (C=O) groups excluding carboxylic acids is 1. The van der Waals surface area contributed by atoms with Gasteiger partial charge < -0.3 is 5.11 Å². The maximum Gasteiger partial charge on any atom is 0.307 e. The van der Waals surface area contributed by atoms with Gasteiger partial charge in [-0.2, -0.15) is 0 Å². The molecule has 3 nitrogen and oxygen atoms in total. The molecule has 0 bridgehead atoms. The molecule has 1 fully saturated rings. The lowest BCUT2D eigenvalue weighted by Gasteiger charge is -2.35. The van der Waals surface area contributed by atoms with E-state index in [9.17, 15) is 14.7 Å². The van der Waals surface area contributed by atoms with Gasteiger partial charge in [-0.25, -0.2) is 0 Å². The highest BCUT2D eigenvalue weighted by Gasteiger charge is 2.42. The number of rotatable bonds is 3. The molecule has 24 heavy (non-hydrogen) atoms. The van der Waals surface area contributed by atoms with Gasteiger partial charge in [0.1, 0.15) is 5.78 Å². The minimum absolute atomic E-state index is 0.0763. The number of hydrogen-bond acceptors (Lipinski definition) is 2. The van der Waals surface area contributed by atoms with E-state index in [1.54, 1.807) is 48.5 Å². The van der Waals surface area contributed by atoms with E-state index in [0.717, 1.165) is 11.1 Å². The van der Waals surface area contributed by atoms with Crippen LogP contribution in [0.3, 0.4) is 0 Å². The van der Waals surface area contributed by atoms with Crippen LogP contribution in [0.2, 0.25) is 10.0 Å². The quantitative estimate of drug-likeness (QED) is 0.842. The molecule has 124 valence electrons. The van der Waals surface area contributed by atoms with E-state index in [0.29, 0.717) is 10.0 Å². The van der Waals surface area contributed by atoms with E-state index in [1.165, 1.54) is 0 Å². The van der Waals surface area contributed by atoms with Gasteiger partial charge in [0.25, 0.3) is 0 Å². The molecular formula is C19H16Cl2O3. The average Bonchev–Trinajstić information content (AvgIpc) is 2.55. The Morgan fingerprint density at radius 1 is 0.833 bits per heavy atom. The van der Waals surface area contributed by atoms with Crippen LogP contribution in [-0.2, 0) is 9.59 Å². The van der Waals surface area contributed by atoms with Crippen molar-refractivity contribution < 1.29 is 14.7 Å². The lowest BCUT2D eigenvalue weighted by Crippen LogP contribution is -2.35. The van der Waals surface area contributed by atoms with Gasteiger partial charge in [0.15, 0.2) is 0 Å². The van der Waals surface area contributed by atoms with Crippen LogP contribution in [0.5, 0.6) is 0 Å². The Morgan fingerprint density at radius 2 is 1.21 bits per heavy atom. The number of Topliss-reactive ketones (excluding diaryl/α,β-unsaturated/α-hetero) is 1. The molecule has 2 aromatic carbocycles. The van der Waals surface area contributed by atoms with Gasteiger partial charge in [0.2, 0.25) is 0 Å². The van der Waals surface area contributed by atoms with Crippen molar-refractivity contribution in [1.82, 2.24) is 0 Å². The highest BCUT2D eigenvalue weighted by Crippen LogP contribution is 2.45. The molecule has 0 heterocycles. The zero-order chi connectivity index (χ0) is 17.3. The fourth-order valence-electron chi connectivity index (χ4n) is 3.52. The summed E-state index contributed by atoms with van der Waals surface area (Å²) in [5.41, 5.74) is 1.66. The maximum atomic E-state index is 12.3. The molecule has 2 unspecified atom stereocenters. The van der Waals surface area contributed by atoms with Gasteiger partial charge in [0, 0.05) is 34.7 Å². The molecule has 0 aromatic heterocycles. The topological polar surface area (TPSA) is 54.4 Å². The summed E-state index contributed by atoms with van der Waals surface area (Å²) in [6, 6.07) is 14.1. The van der Waals surface area contributed by atoms with Crippen LogP contribution in [-0.4, -0.2) is 16.9 Å². The van der Waals surface area contributed by atoms with E-state index >= 15 is 0 Å². The molecule has 1 aliphatic rings. The molecule has 1 N–H and O–H groups in total. The Bertz CT molecular complexity index is 696. The maximum absolute atomic E-state index is 12.3. The van der Waals surface area contributed by atoms with Crippen LogP contribution < -0.4 is 0 Å². The van der Waals surface area contributed by atoms with E-state index in [4.69, 9.17) is 23.2 Å².